The predicted molar refractivity (Wildman–Crippen MR) is 80.0 cm³/mol. The fraction of sp³-hybridized carbons (Fsp3) is 0.625. The molecule has 0 amide bonds. The second-order valence-corrected chi connectivity index (χ2v) is 10.7. The minimum atomic E-state index is -5.14. The molecule has 0 spiro atoms. The minimum absolute atomic E-state index is 0. The van der Waals surface area contributed by atoms with Crippen LogP contribution in [0, 0.1) is 6.92 Å². The largest absolute Gasteiger partial charge is 1.00 e. The van der Waals surface area contributed by atoms with Crippen molar-refractivity contribution in [2.75, 3.05) is 24.7 Å². The molecule has 0 atom stereocenters. The normalized spacial score (nSPS) is 12.7. The Kier molecular flexibility index (Phi) is 13.2. The molecule has 0 aliphatic rings. The number of rotatable bonds is 10. The van der Waals surface area contributed by atoms with Gasteiger partial charge in [0.25, 0.3) is 10.3 Å². The zero-order valence-corrected chi connectivity index (χ0v) is 22.5. The van der Waals surface area contributed by atoms with Gasteiger partial charge < -0.3 is 9.11 Å². The average Bonchev–Trinajstić information content (AvgIpc) is 2.43. The Morgan fingerprint density at radius 1 is 0.690 bits per heavy atom. The van der Waals surface area contributed by atoms with Crippen molar-refractivity contribution < 1.29 is 110 Å². The summed E-state index contributed by atoms with van der Waals surface area (Å²) < 4.78 is 117. The molecule has 1 aromatic heterocycles. The zero-order chi connectivity index (χ0) is 21.1. The van der Waals surface area contributed by atoms with Gasteiger partial charge in [-0.05, 0) is 6.92 Å². The molecular formula is C8H11N3Na2O12S4. The molecule has 0 aliphatic heterocycles. The fourth-order valence-electron chi connectivity index (χ4n) is 1.39. The third-order valence-corrected chi connectivity index (χ3v) is 6.22. The average molecular weight is 515 g/mol. The van der Waals surface area contributed by atoms with Gasteiger partial charge in [0.15, 0.2) is 0 Å². The minimum Gasteiger partial charge on any atom is -0.726 e. The van der Waals surface area contributed by atoms with Crippen LogP contribution in [0.25, 0.3) is 0 Å². The van der Waals surface area contributed by atoms with Crippen LogP contribution in [0.4, 0.5) is 0 Å². The molecule has 0 fully saturated rings. The Morgan fingerprint density at radius 3 is 1.28 bits per heavy atom. The summed E-state index contributed by atoms with van der Waals surface area (Å²) in [5, 5.41) is -2.09. The molecule has 0 N–H and O–H groups in total. The van der Waals surface area contributed by atoms with Crippen molar-refractivity contribution in [3.63, 3.8) is 0 Å². The van der Waals surface area contributed by atoms with Gasteiger partial charge in [-0.3, -0.25) is 8.37 Å². The van der Waals surface area contributed by atoms with Crippen LogP contribution in [-0.2, 0) is 48.8 Å². The summed E-state index contributed by atoms with van der Waals surface area (Å²) in [4.78, 5) is 10.1. The molecule has 156 valence electrons. The summed E-state index contributed by atoms with van der Waals surface area (Å²) in [7, 11) is -19.2. The molecule has 0 radical (unpaired) electrons. The number of aromatic nitrogens is 3. The number of hydrogen-bond donors (Lipinski definition) is 0. The van der Waals surface area contributed by atoms with Crippen molar-refractivity contribution in [2.45, 2.75) is 17.2 Å². The molecule has 0 saturated heterocycles. The number of nitrogens with zero attached hydrogens (tertiary/aromatic N) is 3. The van der Waals surface area contributed by atoms with Crippen molar-refractivity contribution in [3.05, 3.63) is 5.82 Å². The zero-order valence-electron chi connectivity index (χ0n) is 15.2. The molecule has 0 aromatic carbocycles. The van der Waals surface area contributed by atoms with Crippen molar-refractivity contribution in [1.82, 2.24) is 15.0 Å². The number of sulfone groups is 2. The van der Waals surface area contributed by atoms with E-state index >= 15 is 0 Å². The van der Waals surface area contributed by atoms with Crippen molar-refractivity contribution in [3.8, 4) is 0 Å². The van der Waals surface area contributed by atoms with E-state index in [0.29, 0.717) is 0 Å². The van der Waals surface area contributed by atoms with Crippen molar-refractivity contribution in [2.24, 2.45) is 0 Å². The van der Waals surface area contributed by atoms with E-state index in [4.69, 9.17) is 0 Å². The monoisotopic (exact) mass is 515 g/mol. The van der Waals surface area contributed by atoms with Crippen molar-refractivity contribution in [1.29, 1.82) is 0 Å². The van der Waals surface area contributed by atoms with Crippen LogP contribution in [0.1, 0.15) is 5.82 Å². The number of hydrogen-bond acceptors (Lipinski definition) is 15. The SMILES string of the molecule is Cc1nc(S(=O)(=O)CCOS(=O)(=O)[O-])nc(S(=O)(=O)CCOS(=O)(=O)[O-])n1.[Na+].[Na+]. The Bertz CT molecular complexity index is 1030. The van der Waals surface area contributed by atoms with Crippen LogP contribution in [0.3, 0.4) is 0 Å². The van der Waals surface area contributed by atoms with E-state index in [1.54, 1.807) is 0 Å². The Morgan fingerprint density at radius 2 is 1.00 bits per heavy atom. The fourth-order valence-corrected chi connectivity index (χ4v) is 4.19. The first-order valence-corrected chi connectivity index (χ1v) is 12.4. The van der Waals surface area contributed by atoms with Gasteiger partial charge in [0.1, 0.15) is 5.82 Å². The first-order valence-electron chi connectivity index (χ1n) is 6.40. The van der Waals surface area contributed by atoms with Crippen LogP contribution in [0.2, 0.25) is 0 Å². The van der Waals surface area contributed by atoms with Gasteiger partial charge in [0, 0.05) is 0 Å². The summed E-state index contributed by atoms with van der Waals surface area (Å²) >= 11 is 0. The maximum Gasteiger partial charge on any atom is 1.00 e. The van der Waals surface area contributed by atoms with E-state index in [1.807, 2.05) is 0 Å². The van der Waals surface area contributed by atoms with Crippen LogP contribution in [0.15, 0.2) is 10.3 Å². The van der Waals surface area contributed by atoms with Crippen LogP contribution in [-0.4, -0.2) is 82.4 Å². The molecule has 0 unspecified atom stereocenters. The van der Waals surface area contributed by atoms with Gasteiger partial charge in [-0.15, -0.1) is 0 Å². The Hall–Kier alpha value is 0.650. The van der Waals surface area contributed by atoms with Crippen LogP contribution in [0.5, 0.6) is 0 Å². The third kappa shape index (κ3) is 12.3. The molecule has 15 nitrogen and oxygen atoms in total. The summed E-state index contributed by atoms with van der Waals surface area (Å²) in [6.07, 6.45) is 0. The maximum absolute atomic E-state index is 12.0. The van der Waals surface area contributed by atoms with Crippen LogP contribution >= 0.6 is 0 Å². The third-order valence-electron chi connectivity index (χ3n) is 2.42. The second-order valence-electron chi connectivity index (χ2n) is 4.55. The van der Waals surface area contributed by atoms with Gasteiger partial charge in [0.2, 0.25) is 40.5 Å². The smallest absolute Gasteiger partial charge is 0.726 e. The molecule has 21 heteroatoms. The van der Waals surface area contributed by atoms with E-state index in [-0.39, 0.29) is 64.9 Å². The summed E-state index contributed by atoms with van der Waals surface area (Å²) in [6.45, 7) is -0.997. The molecule has 0 aliphatic carbocycles. The molecule has 0 saturated carbocycles. The first kappa shape index (κ1) is 31.8. The van der Waals surface area contributed by atoms with Crippen molar-refractivity contribution >= 4 is 40.5 Å². The van der Waals surface area contributed by atoms with Gasteiger partial charge in [-0.1, -0.05) is 0 Å². The molecule has 29 heavy (non-hydrogen) atoms. The van der Waals surface area contributed by atoms with E-state index in [0.717, 1.165) is 6.92 Å². The quantitative estimate of drug-likeness (QED) is 0.160. The van der Waals surface area contributed by atoms with E-state index in [9.17, 15) is 42.8 Å². The molecular weight excluding hydrogens is 504 g/mol. The second kappa shape index (κ2) is 12.0. The first-order chi connectivity index (χ1) is 12.0. The standard InChI is InChI=1S/C8H13N3O12S4.2Na/c1-6-9-7(24(12,13)4-2-22-26(16,17)18)11-8(10-6)25(14,15)5-3-23-27(19,20)21;;/h2-5H2,1H3,(H,16,17,18)(H,19,20,21);;/q;2*+1/p-2. The molecule has 1 heterocycles. The van der Waals surface area contributed by atoms with E-state index in [1.165, 1.54) is 0 Å². The van der Waals surface area contributed by atoms with Gasteiger partial charge >= 0.3 is 59.1 Å². The molecule has 1 rings (SSSR count). The molecule has 0 bridgehead atoms. The Balaban J connectivity index is 0. The van der Waals surface area contributed by atoms with Crippen LogP contribution < -0.4 is 59.1 Å². The summed E-state index contributed by atoms with van der Waals surface area (Å²) in [5.74, 6) is -2.47. The number of aryl methyl sites for hydroxylation is 1. The topological polar surface area (TPSA) is 240 Å². The van der Waals surface area contributed by atoms with Gasteiger partial charge in [0.05, 0.1) is 24.7 Å². The Labute approximate surface area is 211 Å². The van der Waals surface area contributed by atoms with E-state index in [2.05, 4.69) is 23.3 Å². The maximum atomic E-state index is 12.0. The summed E-state index contributed by atoms with van der Waals surface area (Å²) in [5.41, 5.74) is 0. The van der Waals surface area contributed by atoms with Gasteiger partial charge in [-0.2, -0.15) is 4.98 Å². The summed E-state index contributed by atoms with van der Waals surface area (Å²) in [6, 6.07) is 0. The molecule has 1 aromatic rings. The predicted octanol–water partition coefficient (Wildman–Crippen LogP) is -9.31. The van der Waals surface area contributed by atoms with Gasteiger partial charge in [-0.25, -0.2) is 43.6 Å². The van der Waals surface area contributed by atoms with E-state index < -0.39 is 75.5 Å².